The normalized spacial score (nSPS) is 12.4. The van der Waals surface area contributed by atoms with E-state index >= 15 is 0 Å². The first-order chi connectivity index (χ1) is 9.56. The van der Waals surface area contributed by atoms with Crippen LogP contribution in [0.3, 0.4) is 0 Å². The Morgan fingerprint density at radius 2 is 2.10 bits per heavy atom. The Morgan fingerprint density at radius 3 is 2.60 bits per heavy atom. The summed E-state index contributed by atoms with van der Waals surface area (Å²) in [6, 6.07) is 8.14. The zero-order chi connectivity index (χ0) is 14.7. The van der Waals surface area contributed by atoms with Gasteiger partial charge in [0, 0.05) is 9.35 Å². The number of nitrogens with one attached hydrogen (secondary N) is 1. The van der Waals surface area contributed by atoms with Crippen LogP contribution in [-0.4, -0.2) is 13.7 Å². The minimum atomic E-state index is 0.121. The highest BCUT2D eigenvalue weighted by Crippen LogP contribution is 2.38. The first kappa shape index (κ1) is 16.3. The molecule has 1 aromatic heterocycles. The predicted octanol–water partition coefficient (Wildman–Crippen LogP) is 5.63. The quantitative estimate of drug-likeness (QED) is 0.652. The van der Waals surface area contributed by atoms with Crippen LogP contribution in [0.2, 0.25) is 5.02 Å². The van der Waals surface area contributed by atoms with E-state index in [-0.39, 0.29) is 6.04 Å². The first-order valence-corrected chi connectivity index (χ1v) is 8.86. The summed E-state index contributed by atoms with van der Waals surface area (Å²) in [6.45, 7) is 2.97. The number of halogens is 3. The molecule has 0 saturated carbocycles. The maximum Gasteiger partial charge on any atom is 0.137 e. The molecule has 6 heteroatoms. The summed E-state index contributed by atoms with van der Waals surface area (Å²) in [6.07, 6.45) is 0. The van der Waals surface area contributed by atoms with Crippen LogP contribution in [0, 0.1) is 0 Å². The van der Waals surface area contributed by atoms with Crippen LogP contribution in [0.25, 0.3) is 0 Å². The second kappa shape index (κ2) is 7.27. The number of hydrogen-bond donors (Lipinski definition) is 1. The SMILES string of the molecule is CCNC(c1ccc(OC)c(Cl)c1)c1cc(Br)c(Br)s1. The van der Waals surface area contributed by atoms with Gasteiger partial charge in [0.1, 0.15) is 5.75 Å². The Balaban J connectivity index is 2.40. The first-order valence-electron chi connectivity index (χ1n) is 6.08. The van der Waals surface area contributed by atoms with Crippen molar-refractivity contribution in [1.29, 1.82) is 0 Å². The molecule has 1 heterocycles. The van der Waals surface area contributed by atoms with E-state index in [0.29, 0.717) is 10.8 Å². The summed E-state index contributed by atoms with van der Waals surface area (Å²) < 4.78 is 7.37. The van der Waals surface area contributed by atoms with E-state index in [1.807, 2.05) is 18.2 Å². The molecule has 2 rings (SSSR count). The number of methoxy groups -OCH3 is 1. The molecule has 0 spiro atoms. The highest BCUT2D eigenvalue weighted by Gasteiger charge is 2.18. The molecule has 0 bridgehead atoms. The lowest BCUT2D eigenvalue weighted by Crippen LogP contribution is -2.21. The fraction of sp³-hybridized carbons (Fsp3) is 0.286. The molecule has 20 heavy (non-hydrogen) atoms. The van der Waals surface area contributed by atoms with Gasteiger partial charge in [-0.1, -0.05) is 24.6 Å². The van der Waals surface area contributed by atoms with E-state index in [0.717, 1.165) is 20.4 Å². The topological polar surface area (TPSA) is 21.3 Å². The Morgan fingerprint density at radius 1 is 1.35 bits per heavy atom. The van der Waals surface area contributed by atoms with E-state index in [2.05, 4.69) is 50.2 Å². The van der Waals surface area contributed by atoms with Crippen molar-refractivity contribution in [2.75, 3.05) is 13.7 Å². The van der Waals surface area contributed by atoms with Crippen LogP contribution in [-0.2, 0) is 0 Å². The Bertz CT molecular complexity index is 583. The van der Waals surface area contributed by atoms with Crippen molar-refractivity contribution < 1.29 is 4.74 Å². The Labute approximate surface area is 144 Å². The van der Waals surface area contributed by atoms with Crippen molar-refractivity contribution in [2.45, 2.75) is 13.0 Å². The van der Waals surface area contributed by atoms with Gasteiger partial charge in [0.25, 0.3) is 0 Å². The van der Waals surface area contributed by atoms with Gasteiger partial charge in [-0.15, -0.1) is 11.3 Å². The molecule has 0 saturated heterocycles. The van der Waals surface area contributed by atoms with E-state index in [9.17, 15) is 0 Å². The fourth-order valence-corrected chi connectivity index (χ4v) is 4.41. The zero-order valence-electron chi connectivity index (χ0n) is 11.0. The second-order valence-corrected chi connectivity index (χ2v) is 7.82. The van der Waals surface area contributed by atoms with Crippen LogP contribution in [0.1, 0.15) is 23.4 Å². The fourth-order valence-electron chi connectivity index (χ4n) is 1.95. The van der Waals surface area contributed by atoms with Crippen molar-refractivity contribution in [1.82, 2.24) is 5.32 Å². The van der Waals surface area contributed by atoms with Crippen LogP contribution in [0.4, 0.5) is 0 Å². The molecule has 0 aliphatic heterocycles. The largest absolute Gasteiger partial charge is 0.495 e. The molecular weight excluding hydrogens is 425 g/mol. The van der Waals surface area contributed by atoms with Crippen molar-refractivity contribution in [2.24, 2.45) is 0 Å². The summed E-state index contributed by atoms with van der Waals surface area (Å²) in [5.74, 6) is 0.694. The van der Waals surface area contributed by atoms with Crippen molar-refractivity contribution in [3.05, 3.63) is 48.0 Å². The maximum absolute atomic E-state index is 6.23. The molecule has 0 aliphatic carbocycles. The second-order valence-electron chi connectivity index (χ2n) is 4.16. The highest BCUT2D eigenvalue weighted by molar-refractivity contribution is 9.13. The molecule has 1 unspecified atom stereocenters. The van der Waals surface area contributed by atoms with Gasteiger partial charge < -0.3 is 10.1 Å². The lowest BCUT2D eigenvalue weighted by Gasteiger charge is -2.18. The van der Waals surface area contributed by atoms with E-state index < -0.39 is 0 Å². The van der Waals surface area contributed by atoms with Crippen LogP contribution < -0.4 is 10.1 Å². The number of rotatable bonds is 5. The van der Waals surface area contributed by atoms with Crippen molar-refractivity contribution >= 4 is 54.8 Å². The average Bonchev–Trinajstić information content (AvgIpc) is 2.75. The minimum Gasteiger partial charge on any atom is -0.495 e. The number of hydrogen-bond acceptors (Lipinski definition) is 3. The molecule has 2 nitrogen and oxygen atoms in total. The Hall–Kier alpha value is -0.0700. The van der Waals surface area contributed by atoms with E-state index in [1.165, 1.54) is 4.88 Å². The molecule has 108 valence electrons. The zero-order valence-corrected chi connectivity index (χ0v) is 15.8. The van der Waals surface area contributed by atoms with Gasteiger partial charge in [-0.05, 0) is 62.2 Å². The molecule has 0 aliphatic rings. The highest BCUT2D eigenvalue weighted by atomic mass is 79.9. The lowest BCUT2D eigenvalue weighted by molar-refractivity contribution is 0.414. The van der Waals surface area contributed by atoms with Crippen LogP contribution in [0.5, 0.6) is 5.75 Å². The third-order valence-electron chi connectivity index (χ3n) is 2.87. The summed E-state index contributed by atoms with van der Waals surface area (Å²) in [7, 11) is 1.62. The predicted molar refractivity (Wildman–Crippen MR) is 93.2 cm³/mol. The van der Waals surface area contributed by atoms with Gasteiger partial charge in [-0.25, -0.2) is 0 Å². The molecule has 2 aromatic rings. The van der Waals surface area contributed by atoms with Crippen molar-refractivity contribution in [3.8, 4) is 5.75 Å². The molecule has 0 fully saturated rings. The minimum absolute atomic E-state index is 0.121. The van der Waals surface area contributed by atoms with Gasteiger partial charge in [-0.3, -0.25) is 0 Å². The molecule has 1 N–H and O–H groups in total. The third-order valence-corrected chi connectivity index (χ3v) is 6.48. The smallest absolute Gasteiger partial charge is 0.137 e. The van der Waals surface area contributed by atoms with Gasteiger partial charge in [0.2, 0.25) is 0 Å². The third kappa shape index (κ3) is 3.57. The Kier molecular flexibility index (Phi) is 5.93. The van der Waals surface area contributed by atoms with E-state index in [1.54, 1.807) is 18.4 Å². The molecule has 0 amide bonds. The molecule has 1 atom stereocenters. The van der Waals surface area contributed by atoms with Crippen LogP contribution >= 0.6 is 54.8 Å². The lowest BCUT2D eigenvalue weighted by atomic mass is 10.1. The van der Waals surface area contributed by atoms with Crippen LogP contribution in [0.15, 0.2) is 32.5 Å². The number of benzene rings is 1. The molecular formula is C14H14Br2ClNOS. The maximum atomic E-state index is 6.23. The van der Waals surface area contributed by atoms with Gasteiger partial charge >= 0.3 is 0 Å². The number of ether oxygens (including phenoxy) is 1. The van der Waals surface area contributed by atoms with Gasteiger partial charge in [-0.2, -0.15) is 0 Å². The van der Waals surface area contributed by atoms with Gasteiger partial charge in [0.15, 0.2) is 0 Å². The molecule has 0 radical (unpaired) electrons. The summed E-state index contributed by atoms with van der Waals surface area (Å²) in [5, 5.41) is 4.12. The summed E-state index contributed by atoms with van der Waals surface area (Å²) in [5.41, 5.74) is 1.12. The number of thiophene rings is 1. The standard InChI is InChI=1S/C14H14Br2ClNOS/c1-3-18-13(12-7-9(15)14(16)20-12)8-4-5-11(19-2)10(17)6-8/h4-7,13,18H,3H2,1-2H3. The summed E-state index contributed by atoms with van der Waals surface area (Å²) >= 11 is 15.0. The van der Waals surface area contributed by atoms with Gasteiger partial charge in [0.05, 0.1) is 22.0 Å². The molecule has 1 aromatic carbocycles. The van der Waals surface area contributed by atoms with E-state index in [4.69, 9.17) is 16.3 Å². The summed E-state index contributed by atoms with van der Waals surface area (Å²) in [4.78, 5) is 1.23. The average molecular weight is 440 g/mol. The monoisotopic (exact) mass is 437 g/mol. The van der Waals surface area contributed by atoms with Crippen molar-refractivity contribution in [3.63, 3.8) is 0 Å².